The topological polar surface area (TPSA) is 66.8 Å². The van der Waals surface area contributed by atoms with Crippen molar-refractivity contribution in [3.05, 3.63) is 35.4 Å². The summed E-state index contributed by atoms with van der Waals surface area (Å²) in [5.41, 5.74) is 1.47. The number of piperidine rings is 1. The molecular weight excluding hydrogens is 270 g/mol. The Kier molecular flexibility index (Phi) is 3.64. The summed E-state index contributed by atoms with van der Waals surface area (Å²) in [6, 6.07) is 7.56. The molecule has 110 valence electrons. The molecule has 0 bridgehead atoms. The Labute approximate surface area is 122 Å². The van der Waals surface area contributed by atoms with Gasteiger partial charge in [-0.1, -0.05) is 18.2 Å². The number of carboxylic acid groups (broad SMARTS) is 1. The monoisotopic (exact) mass is 287 g/mol. The third-order valence-corrected chi connectivity index (χ3v) is 3.96. The molecule has 0 aromatic heterocycles. The quantitative estimate of drug-likeness (QED) is 0.900. The van der Waals surface area contributed by atoms with Crippen molar-refractivity contribution in [3.63, 3.8) is 0 Å². The van der Waals surface area contributed by atoms with Crippen LogP contribution in [0.4, 0.5) is 0 Å². The Hall–Kier alpha value is -2.30. The third kappa shape index (κ3) is 2.77. The minimum absolute atomic E-state index is 0.115. The largest absolute Gasteiger partial charge is 0.488 e. The maximum atomic E-state index is 12.5. The molecule has 1 amide bonds. The van der Waals surface area contributed by atoms with E-state index >= 15 is 0 Å². The Morgan fingerprint density at radius 1 is 1.29 bits per heavy atom. The van der Waals surface area contributed by atoms with Crippen LogP contribution in [0.1, 0.15) is 18.4 Å². The number of ether oxygens (including phenoxy) is 1. The summed E-state index contributed by atoms with van der Waals surface area (Å²) in [6.45, 7) is 1.14. The van der Waals surface area contributed by atoms with Crippen LogP contribution in [0.25, 0.3) is 6.08 Å². The van der Waals surface area contributed by atoms with E-state index in [4.69, 9.17) is 9.84 Å². The Balaban J connectivity index is 1.77. The fourth-order valence-electron chi connectivity index (χ4n) is 2.81. The summed E-state index contributed by atoms with van der Waals surface area (Å²) in [5.74, 6) is -0.627. The average Bonchev–Trinajstić information content (AvgIpc) is 2.53. The van der Waals surface area contributed by atoms with E-state index in [-0.39, 0.29) is 19.1 Å². The molecule has 2 heterocycles. The predicted molar refractivity (Wildman–Crippen MR) is 76.9 cm³/mol. The first kappa shape index (κ1) is 13.7. The van der Waals surface area contributed by atoms with Gasteiger partial charge in [0.05, 0.1) is 11.5 Å². The van der Waals surface area contributed by atoms with Crippen molar-refractivity contribution in [1.82, 2.24) is 4.90 Å². The Bertz CT molecular complexity index is 608. The summed E-state index contributed by atoms with van der Waals surface area (Å²) in [4.78, 5) is 25.2. The molecule has 5 nitrogen and oxygen atoms in total. The SMILES string of the molecule is O=C(O)[C@H]1CCCN(C(=O)C2=Cc3ccccc3OC2)C1. The van der Waals surface area contributed by atoms with Crippen molar-refractivity contribution in [2.45, 2.75) is 12.8 Å². The summed E-state index contributed by atoms with van der Waals surface area (Å²) in [7, 11) is 0. The Morgan fingerprint density at radius 2 is 2.10 bits per heavy atom. The summed E-state index contributed by atoms with van der Waals surface area (Å²) in [6.07, 6.45) is 3.20. The molecule has 1 atom stereocenters. The van der Waals surface area contributed by atoms with Gasteiger partial charge in [0.25, 0.3) is 5.91 Å². The van der Waals surface area contributed by atoms with Gasteiger partial charge in [0, 0.05) is 18.7 Å². The van der Waals surface area contributed by atoms with Crippen molar-refractivity contribution >= 4 is 18.0 Å². The highest BCUT2D eigenvalue weighted by atomic mass is 16.5. The van der Waals surface area contributed by atoms with Gasteiger partial charge in [-0.25, -0.2) is 0 Å². The van der Waals surface area contributed by atoms with Crippen LogP contribution >= 0.6 is 0 Å². The molecule has 3 rings (SSSR count). The first-order valence-electron chi connectivity index (χ1n) is 7.09. The highest BCUT2D eigenvalue weighted by Crippen LogP contribution is 2.27. The van der Waals surface area contributed by atoms with Crippen molar-refractivity contribution in [3.8, 4) is 5.75 Å². The number of carbonyl (C=O) groups is 2. The average molecular weight is 287 g/mol. The highest BCUT2D eigenvalue weighted by molar-refractivity contribution is 5.99. The van der Waals surface area contributed by atoms with Crippen LogP contribution in [0.3, 0.4) is 0 Å². The lowest BCUT2D eigenvalue weighted by Crippen LogP contribution is -2.43. The van der Waals surface area contributed by atoms with E-state index in [2.05, 4.69) is 0 Å². The minimum Gasteiger partial charge on any atom is -0.488 e. The maximum absolute atomic E-state index is 12.5. The van der Waals surface area contributed by atoms with Crippen molar-refractivity contribution in [2.24, 2.45) is 5.92 Å². The van der Waals surface area contributed by atoms with Gasteiger partial charge >= 0.3 is 5.97 Å². The van der Waals surface area contributed by atoms with Crippen LogP contribution in [0.15, 0.2) is 29.8 Å². The van der Waals surface area contributed by atoms with Gasteiger partial charge in [-0.05, 0) is 25.0 Å². The molecule has 1 aromatic carbocycles. The van der Waals surface area contributed by atoms with Crippen LogP contribution in [-0.4, -0.2) is 41.6 Å². The third-order valence-electron chi connectivity index (χ3n) is 3.96. The number of carboxylic acids is 1. The molecule has 0 aliphatic carbocycles. The van der Waals surface area contributed by atoms with E-state index in [1.54, 1.807) is 4.90 Å². The molecule has 5 heteroatoms. The fraction of sp³-hybridized carbons (Fsp3) is 0.375. The number of rotatable bonds is 2. The maximum Gasteiger partial charge on any atom is 0.308 e. The normalized spacial score (nSPS) is 21.0. The number of benzene rings is 1. The van der Waals surface area contributed by atoms with E-state index in [9.17, 15) is 9.59 Å². The first-order chi connectivity index (χ1) is 10.1. The van der Waals surface area contributed by atoms with Crippen molar-refractivity contribution in [1.29, 1.82) is 0 Å². The number of nitrogens with zero attached hydrogens (tertiary/aromatic N) is 1. The lowest BCUT2D eigenvalue weighted by molar-refractivity contribution is -0.145. The van der Waals surface area contributed by atoms with Gasteiger partial charge in [-0.3, -0.25) is 9.59 Å². The molecule has 2 aliphatic rings. The number of amides is 1. The molecular formula is C16H17NO4. The zero-order valence-corrected chi connectivity index (χ0v) is 11.6. The van der Waals surface area contributed by atoms with Crippen LogP contribution in [0.2, 0.25) is 0 Å². The van der Waals surface area contributed by atoms with Crippen LogP contribution in [-0.2, 0) is 9.59 Å². The van der Waals surface area contributed by atoms with E-state index in [1.807, 2.05) is 30.3 Å². The molecule has 1 N–H and O–H groups in total. The molecule has 0 spiro atoms. The molecule has 0 saturated carbocycles. The molecule has 0 radical (unpaired) electrons. The number of hydrogen-bond acceptors (Lipinski definition) is 3. The van der Waals surface area contributed by atoms with Crippen molar-refractivity contribution < 1.29 is 19.4 Å². The van der Waals surface area contributed by atoms with Gasteiger partial charge in [0.15, 0.2) is 0 Å². The zero-order chi connectivity index (χ0) is 14.8. The summed E-state index contributed by atoms with van der Waals surface area (Å²) in [5, 5.41) is 9.10. The second kappa shape index (κ2) is 5.60. The van der Waals surface area contributed by atoms with Crippen LogP contribution in [0.5, 0.6) is 5.75 Å². The standard InChI is InChI=1S/C16H17NO4/c18-15(17-7-3-5-12(9-17)16(19)20)13-8-11-4-1-2-6-14(11)21-10-13/h1-2,4,6,8,12H,3,5,7,9-10H2,(H,19,20)/t12-/m0/s1. The number of aliphatic carboxylic acids is 1. The summed E-state index contributed by atoms with van der Waals surface area (Å²) < 4.78 is 5.59. The van der Waals surface area contributed by atoms with Crippen LogP contribution in [0, 0.1) is 5.92 Å². The van der Waals surface area contributed by atoms with Crippen LogP contribution < -0.4 is 4.74 Å². The number of carbonyl (C=O) groups excluding carboxylic acids is 1. The number of para-hydroxylation sites is 1. The lowest BCUT2D eigenvalue weighted by Gasteiger charge is -2.32. The van der Waals surface area contributed by atoms with Gasteiger partial charge < -0.3 is 14.7 Å². The molecule has 21 heavy (non-hydrogen) atoms. The number of likely N-dealkylation sites (tertiary alicyclic amines) is 1. The minimum atomic E-state index is -0.827. The van der Waals surface area contributed by atoms with E-state index in [1.165, 1.54) is 0 Å². The molecule has 1 saturated heterocycles. The van der Waals surface area contributed by atoms with E-state index < -0.39 is 11.9 Å². The lowest BCUT2D eigenvalue weighted by atomic mass is 9.97. The molecule has 1 fully saturated rings. The van der Waals surface area contributed by atoms with Gasteiger partial charge in [0.2, 0.25) is 0 Å². The molecule has 2 aliphatic heterocycles. The fourth-order valence-corrected chi connectivity index (χ4v) is 2.81. The van der Waals surface area contributed by atoms with Gasteiger partial charge in [0.1, 0.15) is 12.4 Å². The number of fused-ring (bicyclic) bond motifs is 1. The zero-order valence-electron chi connectivity index (χ0n) is 11.6. The van der Waals surface area contributed by atoms with Gasteiger partial charge in [-0.2, -0.15) is 0 Å². The van der Waals surface area contributed by atoms with E-state index in [0.29, 0.717) is 18.5 Å². The number of hydrogen-bond donors (Lipinski definition) is 1. The van der Waals surface area contributed by atoms with Crippen molar-refractivity contribution in [2.75, 3.05) is 19.7 Å². The first-order valence-corrected chi connectivity index (χ1v) is 7.09. The second-order valence-electron chi connectivity index (χ2n) is 5.42. The molecule has 0 unspecified atom stereocenters. The summed E-state index contributed by atoms with van der Waals surface area (Å²) >= 11 is 0. The van der Waals surface area contributed by atoms with Gasteiger partial charge in [-0.15, -0.1) is 0 Å². The second-order valence-corrected chi connectivity index (χ2v) is 5.42. The smallest absolute Gasteiger partial charge is 0.308 e. The molecule has 1 aromatic rings. The van der Waals surface area contributed by atoms with E-state index in [0.717, 1.165) is 17.7 Å². The Morgan fingerprint density at radius 3 is 2.90 bits per heavy atom. The predicted octanol–water partition coefficient (Wildman–Crippen LogP) is 1.79. The highest BCUT2D eigenvalue weighted by Gasteiger charge is 2.30.